The van der Waals surface area contributed by atoms with Gasteiger partial charge in [-0.3, -0.25) is 0 Å². The van der Waals surface area contributed by atoms with E-state index in [1.54, 1.807) is 14.0 Å². The Kier molecular flexibility index (Phi) is 3.26. The van der Waals surface area contributed by atoms with Gasteiger partial charge in [0.05, 0.1) is 6.61 Å². The minimum absolute atomic E-state index is 0.223. The second-order valence-corrected chi connectivity index (χ2v) is 2.93. The minimum Gasteiger partial charge on any atom is -0.450 e. The summed E-state index contributed by atoms with van der Waals surface area (Å²) in [6.07, 6.45) is -0.223. The van der Waals surface area contributed by atoms with Crippen molar-refractivity contribution >= 4 is 16.5 Å². The molecule has 0 spiro atoms. The number of ether oxygens (including phenoxy) is 1. The van der Waals surface area contributed by atoms with Gasteiger partial charge >= 0.3 is 6.09 Å². The van der Waals surface area contributed by atoms with Crippen molar-refractivity contribution in [3.63, 3.8) is 0 Å². The molecule has 3 nitrogen and oxygen atoms in total. The molecular formula is C4H11NO2Si. The van der Waals surface area contributed by atoms with Crippen LogP contribution in [-0.2, 0) is 4.74 Å². The molecular weight excluding hydrogens is 122 g/mol. The van der Waals surface area contributed by atoms with E-state index in [2.05, 4.69) is 4.74 Å². The Hall–Kier alpha value is -0.513. The number of hydrogen-bond donors (Lipinski definition) is 0. The third-order valence-electron chi connectivity index (χ3n) is 0.633. The molecule has 0 radical (unpaired) electrons. The van der Waals surface area contributed by atoms with Gasteiger partial charge in [0.2, 0.25) is 0 Å². The maximum Gasteiger partial charge on any atom is 0.400 e. The Morgan fingerprint density at radius 2 is 2.38 bits per heavy atom. The summed E-state index contributed by atoms with van der Waals surface area (Å²) in [7, 11) is 2.44. The van der Waals surface area contributed by atoms with Crippen LogP contribution >= 0.6 is 0 Å². The number of hydrogen-bond acceptors (Lipinski definition) is 2. The van der Waals surface area contributed by atoms with Gasteiger partial charge < -0.3 is 9.30 Å². The van der Waals surface area contributed by atoms with E-state index in [9.17, 15) is 4.79 Å². The number of amides is 1. The highest BCUT2D eigenvalue weighted by Crippen LogP contribution is 1.81. The summed E-state index contributed by atoms with van der Waals surface area (Å²) in [6, 6.07) is 0. The highest BCUT2D eigenvalue weighted by atomic mass is 28.2. The van der Waals surface area contributed by atoms with Crippen molar-refractivity contribution in [3.05, 3.63) is 0 Å². The summed E-state index contributed by atoms with van der Waals surface area (Å²) in [5, 5.41) is 0. The highest BCUT2D eigenvalue weighted by molar-refractivity contribution is 6.12. The van der Waals surface area contributed by atoms with Crippen LogP contribution in [0.2, 0.25) is 0 Å². The van der Waals surface area contributed by atoms with E-state index in [0.29, 0.717) is 6.61 Å². The van der Waals surface area contributed by atoms with Gasteiger partial charge in [0.1, 0.15) is 10.4 Å². The zero-order chi connectivity index (χ0) is 6.57. The quantitative estimate of drug-likeness (QED) is 0.445. The summed E-state index contributed by atoms with van der Waals surface area (Å²) in [5.41, 5.74) is 0. The Morgan fingerprint density at radius 3 is 2.50 bits per heavy atom. The predicted octanol–water partition coefficient (Wildman–Crippen LogP) is -0.645. The smallest absolute Gasteiger partial charge is 0.400 e. The molecule has 0 aliphatic carbocycles. The van der Waals surface area contributed by atoms with Crippen LogP contribution in [0.3, 0.4) is 0 Å². The van der Waals surface area contributed by atoms with Gasteiger partial charge in [-0.15, -0.1) is 0 Å². The molecule has 0 fully saturated rings. The Bertz CT molecular complexity index is 84.1. The van der Waals surface area contributed by atoms with Gasteiger partial charge in [-0.25, -0.2) is 4.79 Å². The van der Waals surface area contributed by atoms with Crippen LogP contribution < -0.4 is 0 Å². The molecule has 0 aliphatic heterocycles. The molecule has 8 heavy (non-hydrogen) atoms. The fourth-order valence-corrected chi connectivity index (χ4v) is 0.382. The first-order valence-corrected chi connectivity index (χ1v) is 3.42. The zero-order valence-electron chi connectivity index (χ0n) is 5.47. The molecule has 0 aromatic rings. The van der Waals surface area contributed by atoms with Crippen molar-refractivity contribution in [3.8, 4) is 0 Å². The molecule has 0 aromatic carbocycles. The van der Waals surface area contributed by atoms with Crippen molar-refractivity contribution < 1.29 is 9.53 Å². The minimum atomic E-state index is -0.223. The van der Waals surface area contributed by atoms with Crippen LogP contribution in [0.15, 0.2) is 0 Å². The summed E-state index contributed by atoms with van der Waals surface area (Å²) in [4.78, 5) is 10.5. The number of carbonyl (C=O) groups excluding carboxylic acids is 1. The van der Waals surface area contributed by atoms with Crippen molar-refractivity contribution in [2.75, 3.05) is 13.7 Å². The zero-order valence-corrected chi connectivity index (χ0v) is 7.47. The van der Waals surface area contributed by atoms with Gasteiger partial charge in [0.25, 0.3) is 0 Å². The molecule has 0 saturated carbocycles. The van der Waals surface area contributed by atoms with Gasteiger partial charge in [-0.1, -0.05) is 0 Å². The Labute approximate surface area is 52.1 Å². The average molecular weight is 133 g/mol. The molecule has 1 amide bonds. The third kappa shape index (κ3) is 2.63. The van der Waals surface area contributed by atoms with Crippen molar-refractivity contribution in [2.24, 2.45) is 0 Å². The van der Waals surface area contributed by atoms with E-state index in [1.165, 1.54) is 4.57 Å². The largest absolute Gasteiger partial charge is 0.450 e. The lowest BCUT2D eigenvalue weighted by atomic mass is 10.9. The van der Waals surface area contributed by atoms with Gasteiger partial charge in [-0.05, 0) is 6.92 Å². The van der Waals surface area contributed by atoms with Crippen molar-refractivity contribution in [2.45, 2.75) is 6.92 Å². The summed E-state index contributed by atoms with van der Waals surface area (Å²) in [5.74, 6) is 0. The number of rotatable bonds is 1. The fourth-order valence-electron chi connectivity index (χ4n) is 0.253. The van der Waals surface area contributed by atoms with Crippen LogP contribution in [0, 0.1) is 0 Å². The second kappa shape index (κ2) is 3.48. The van der Waals surface area contributed by atoms with E-state index >= 15 is 0 Å². The summed E-state index contributed by atoms with van der Waals surface area (Å²) >= 11 is 0. The summed E-state index contributed by atoms with van der Waals surface area (Å²) < 4.78 is 6.16. The molecule has 0 N–H and O–H groups in total. The highest BCUT2D eigenvalue weighted by Gasteiger charge is 1.99. The first-order valence-electron chi connectivity index (χ1n) is 2.52. The maximum absolute atomic E-state index is 10.5. The molecule has 4 heteroatoms. The van der Waals surface area contributed by atoms with E-state index in [0.717, 1.165) is 10.4 Å². The molecule has 0 saturated heterocycles. The average Bonchev–Trinajstić information content (AvgIpc) is 1.67. The molecule has 0 atom stereocenters. The third-order valence-corrected chi connectivity index (χ3v) is 0.998. The Morgan fingerprint density at radius 1 is 1.88 bits per heavy atom. The molecule has 0 unspecified atom stereocenters. The number of nitrogens with zero attached hydrogens (tertiary/aromatic N) is 1. The Balaban J connectivity index is 3.33. The van der Waals surface area contributed by atoms with E-state index < -0.39 is 0 Å². The van der Waals surface area contributed by atoms with Crippen LogP contribution in [0.25, 0.3) is 0 Å². The normalized spacial score (nSPS) is 8.75. The first kappa shape index (κ1) is 7.49. The van der Waals surface area contributed by atoms with Crippen molar-refractivity contribution in [1.82, 2.24) is 4.57 Å². The molecule has 48 valence electrons. The van der Waals surface area contributed by atoms with Crippen LogP contribution in [-0.4, -0.2) is 34.7 Å². The molecule has 0 aliphatic rings. The fraction of sp³-hybridized carbons (Fsp3) is 0.750. The van der Waals surface area contributed by atoms with Gasteiger partial charge in [0.15, 0.2) is 0 Å². The standard InChI is InChI=1S/C4H11NO2Si/c1-3-7-4(6)5(2)8/h3H2,1-2,8H3. The van der Waals surface area contributed by atoms with Crippen LogP contribution in [0.1, 0.15) is 6.92 Å². The lowest BCUT2D eigenvalue weighted by molar-refractivity contribution is 0.137. The summed E-state index contributed by atoms with van der Waals surface area (Å²) in [6.45, 7) is 2.26. The molecule has 0 bridgehead atoms. The van der Waals surface area contributed by atoms with E-state index in [-0.39, 0.29) is 6.09 Å². The second-order valence-electron chi connectivity index (χ2n) is 1.59. The van der Waals surface area contributed by atoms with Crippen LogP contribution in [0.4, 0.5) is 4.79 Å². The number of carbonyl (C=O) groups is 1. The molecule has 0 rings (SSSR count). The SMILES string of the molecule is CCOC(=O)N(C)[SiH3]. The first-order chi connectivity index (χ1) is 3.68. The topological polar surface area (TPSA) is 29.5 Å². The van der Waals surface area contributed by atoms with Gasteiger partial charge in [-0.2, -0.15) is 0 Å². The molecule has 0 heterocycles. The monoisotopic (exact) mass is 133 g/mol. The predicted molar refractivity (Wildman–Crippen MR) is 34.7 cm³/mol. The lowest BCUT2D eigenvalue weighted by Gasteiger charge is -2.08. The van der Waals surface area contributed by atoms with Crippen LogP contribution in [0.5, 0.6) is 0 Å². The lowest BCUT2D eigenvalue weighted by Crippen LogP contribution is -2.24. The van der Waals surface area contributed by atoms with Gasteiger partial charge in [0, 0.05) is 7.05 Å². The maximum atomic E-state index is 10.5. The van der Waals surface area contributed by atoms with Crippen molar-refractivity contribution in [1.29, 1.82) is 0 Å². The van der Waals surface area contributed by atoms with E-state index in [1.807, 2.05) is 0 Å². The molecule has 0 aromatic heterocycles. The van der Waals surface area contributed by atoms with E-state index in [4.69, 9.17) is 0 Å².